The molecule has 0 saturated heterocycles. The van der Waals surface area contributed by atoms with Crippen LogP contribution in [0.4, 0.5) is 0 Å². The van der Waals surface area contributed by atoms with E-state index in [0.29, 0.717) is 12.1 Å². The predicted octanol–water partition coefficient (Wildman–Crippen LogP) is 2.57. The van der Waals surface area contributed by atoms with Crippen molar-refractivity contribution < 1.29 is 10.4 Å². The van der Waals surface area contributed by atoms with Gasteiger partial charge in [-0.05, 0) is 39.9 Å². The van der Waals surface area contributed by atoms with Gasteiger partial charge < -0.3 is 15.3 Å². The lowest BCUT2D eigenvalue weighted by atomic mass is 10.1. The summed E-state index contributed by atoms with van der Waals surface area (Å²) in [5, 5.41) is 22.7. The Morgan fingerprint density at radius 3 is 2.12 bits per heavy atom. The van der Waals surface area contributed by atoms with Crippen LogP contribution in [0.25, 0.3) is 0 Å². The van der Waals surface area contributed by atoms with E-state index in [1.165, 1.54) is 31.9 Å². The Labute approximate surface area is 104 Å². The molecule has 0 aliphatic rings. The number of oxime groups is 2. The van der Waals surface area contributed by atoms with Gasteiger partial charge in [0.25, 0.3) is 0 Å². The minimum atomic E-state index is 0.431. The number of rotatable bonds is 10. The Bertz CT molecular complexity index is 228. The molecule has 0 fully saturated rings. The smallest absolute Gasteiger partial charge is 0.101 e. The van der Waals surface area contributed by atoms with Crippen LogP contribution in [-0.4, -0.2) is 47.9 Å². The quantitative estimate of drug-likeness (QED) is 0.268. The van der Waals surface area contributed by atoms with Gasteiger partial charge in [0.2, 0.25) is 0 Å². The van der Waals surface area contributed by atoms with Crippen molar-refractivity contribution in [1.82, 2.24) is 4.90 Å². The molecule has 0 saturated carbocycles. The van der Waals surface area contributed by atoms with Gasteiger partial charge in [0, 0.05) is 0 Å². The zero-order valence-corrected chi connectivity index (χ0v) is 11.0. The summed E-state index contributed by atoms with van der Waals surface area (Å²) in [5.41, 5.74) is 0.431. The van der Waals surface area contributed by atoms with Crippen molar-refractivity contribution in [2.24, 2.45) is 10.3 Å². The van der Waals surface area contributed by atoms with Crippen LogP contribution in [0.3, 0.4) is 0 Å². The maximum atomic E-state index is 8.56. The highest BCUT2D eigenvalue weighted by Crippen LogP contribution is 2.07. The molecule has 0 heterocycles. The lowest BCUT2D eigenvalue weighted by molar-refractivity contribution is 0.314. The molecule has 0 atom stereocenters. The molecular formula is C12H25N3O2. The van der Waals surface area contributed by atoms with Crippen LogP contribution in [0.1, 0.15) is 44.9 Å². The summed E-state index contributed by atoms with van der Waals surface area (Å²) in [6.45, 7) is 1.16. The van der Waals surface area contributed by atoms with Gasteiger partial charge in [-0.25, -0.2) is 0 Å². The van der Waals surface area contributed by atoms with Crippen molar-refractivity contribution in [2.75, 3.05) is 20.6 Å². The van der Waals surface area contributed by atoms with Gasteiger partial charge in [-0.3, -0.25) is 0 Å². The van der Waals surface area contributed by atoms with Crippen molar-refractivity contribution in [2.45, 2.75) is 44.9 Å². The first kappa shape index (κ1) is 15.9. The first-order valence-electron chi connectivity index (χ1n) is 6.23. The lowest BCUT2D eigenvalue weighted by Gasteiger charge is -2.08. The molecular weight excluding hydrogens is 218 g/mol. The fraction of sp³-hybridized carbons (Fsp3) is 0.833. The van der Waals surface area contributed by atoms with Crippen molar-refractivity contribution in [3.05, 3.63) is 0 Å². The molecule has 0 radical (unpaired) electrons. The van der Waals surface area contributed by atoms with E-state index in [2.05, 4.69) is 29.3 Å². The highest BCUT2D eigenvalue weighted by molar-refractivity contribution is 6.30. The van der Waals surface area contributed by atoms with Gasteiger partial charge in [-0.15, -0.1) is 0 Å². The third-order valence-electron chi connectivity index (χ3n) is 2.62. The van der Waals surface area contributed by atoms with E-state index in [4.69, 9.17) is 10.4 Å². The minimum Gasteiger partial charge on any atom is -0.411 e. The standard InChI is InChI=1S/C12H25N3O2/c1-15(2)10-8-6-4-3-5-7-9-12(14-17)11-13-16/h11,16-17H,3-10H2,1-2H3/b13-11+,14-12-. The number of unbranched alkanes of at least 4 members (excludes halogenated alkanes) is 5. The van der Waals surface area contributed by atoms with Crippen molar-refractivity contribution in [3.63, 3.8) is 0 Å². The second kappa shape index (κ2) is 11.4. The zero-order chi connectivity index (χ0) is 12.9. The van der Waals surface area contributed by atoms with E-state index in [1.807, 2.05) is 0 Å². The maximum Gasteiger partial charge on any atom is 0.101 e. The summed E-state index contributed by atoms with van der Waals surface area (Å²) in [7, 11) is 4.19. The average molecular weight is 243 g/mol. The zero-order valence-electron chi connectivity index (χ0n) is 11.0. The molecule has 5 nitrogen and oxygen atoms in total. The molecule has 0 aromatic carbocycles. The van der Waals surface area contributed by atoms with Crippen molar-refractivity contribution in [3.8, 4) is 0 Å². The van der Waals surface area contributed by atoms with Crippen LogP contribution in [-0.2, 0) is 0 Å². The molecule has 5 heteroatoms. The number of nitrogens with zero attached hydrogens (tertiary/aromatic N) is 3. The molecule has 0 aliphatic carbocycles. The molecule has 0 aliphatic heterocycles. The normalized spacial score (nSPS) is 12.8. The van der Waals surface area contributed by atoms with Gasteiger partial charge in [0.15, 0.2) is 0 Å². The molecule has 100 valence electrons. The predicted molar refractivity (Wildman–Crippen MR) is 70.4 cm³/mol. The highest BCUT2D eigenvalue weighted by Gasteiger charge is 1.97. The second-order valence-electron chi connectivity index (χ2n) is 4.51. The second-order valence-corrected chi connectivity index (χ2v) is 4.51. The Morgan fingerprint density at radius 2 is 1.59 bits per heavy atom. The van der Waals surface area contributed by atoms with E-state index in [9.17, 15) is 0 Å². The Balaban J connectivity index is 3.29. The molecule has 0 unspecified atom stereocenters. The summed E-state index contributed by atoms with van der Waals surface area (Å²) < 4.78 is 0. The first-order chi connectivity index (χ1) is 8.20. The molecule has 2 N–H and O–H groups in total. The van der Waals surface area contributed by atoms with Crippen molar-refractivity contribution in [1.29, 1.82) is 0 Å². The molecule has 0 rings (SSSR count). The van der Waals surface area contributed by atoms with Gasteiger partial charge in [-0.1, -0.05) is 36.0 Å². The third kappa shape index (κ3) is 11.2. The largest absolute Gasteiger partial charge is 0.411 e. The van der Waals surface area contributed by atoms with E-state index in [-0.39, 0.29) is 0 Å². The van der Waals surface area contributed by atoms with E-state index < -0.39 is 0 Å². The van der Waals surface area contributed by atoms with Crippen molar-refractivity contribution >= 4 is 11.9 Å². The fourth-order valence-electron chi connectivity index (χ4n) is 1.65. The van der Waals surface area contributed by atoms with Crippen LogP contribution in [0, 0.1) is 0 Å². The van der Waals surface area contributed by atoms with Crippen LogP contribution < -0.4 is 0 Å². The maximum absolute atomic E-state index is 8.56. The lowest BCUT2D eigenvalue weighted by Crippen LogP contribution is -2.12. The van der Waals surface area contributed by atoms with Crippen LogP contribution in [0.2, 0.25) is 0 Å². The summed E-state index contributed by atoms with van der Waals surface area (Å²) in [6.07, 6.45) is 8.94. The van der Waals surface area contributed by atoms with Gasteiger partial charge in [-0.2, -0.15) is 0 Å². The van der Waals surface area contributed by atoms with Gasteiger partial charge >= 0.3 is 0 Å². The number of hydrogen-bond acceptors (Lipinski definition) is 5. The summed E-state index contributed by atoms with van der Waals surface area (Å²) in [6, 6.07) is 0. The molecule has 0 spiro atoms. The Kier molecular flexibility index (Phi) is 10.7. The summed E-state index contributed by atoms with van der Waals surface area (Å²) >= 11 is 0. The average Bonchev–Trinajstić information content (AvgIpc) is 2.30. The highest BCUT2D eigenvalue weighted by atomic mass is 16.4. The van der Waals surface area contributed by atoms with E-state index in [1.54, 1.807) is 0 Å². The number of hydrogen-bond donors (Lipinski definition) is 2. The van der Waals surface area contributed by atoms with E-state index >= 15 is 0 Å². The fourth-order valence-corrected chi connectivity index (χ4v) is 1.65. The minimum absolute atomic E-state index is 0.431. The summed E-state index contributed by atoms with van der Waals surface area (Å²) in [4.78, 5) is 2.21. The SMILES string of the molecule is CN(C)CCCCCCCCC(/C=N/O)=N/O. The summed E-state index contributed by atoms with van der Waals surface area (Å²) in [5.74, 6) is 0. The Morgan fingerprint density at radius 1 is 1.00 bits per heavy atom. The Hall–Kier alpha value is -1.10. The third-order valence-corrected chi connectivity index (χ3v) is 2.62. The molecule has 0 aromatic rings. The van der Waals surface area contributed by atoms with Crippen LogP contribution in [0.15, 0.2) is 10.3 Å². The van der Waals surface area contributed by atoms with E-state index in [0.717, 1.165) is 19.4 Å². The topological polar surface area (TPSA) is 68.4 Å². The molecule has 0 bridgehead atoms. The van der Waals surface area contributed by atoms with Gasteiger partial charge in [0.05, 0.1) is 6.21 Å². The van der Waals surface area contributed by atoms with Crippen LogP contribution >= 0.6 is 0 Å². The molecule has 0 amide bonds. The molecule has 0 aromatic heterocycles. The van der Waals surface area contributed by atoms with Gasteiger partial charge in [0.1, 0.15) is 5.71 Å². The first-order valence-corrected chi connectivity index (χ1v) is 6.23. The van der Waals surface area contributed by atoms with Crippen LogP contribution in [0.5, 0.6) is 0 Å². The molecule has 17 heavy (non-hydrogen) atoms. The monoisotopic (exact) mass is 243 g/mol.